The molecule has 2 aromatic heterocycles. The first kappa shape index (κ1) is 24.3. The summed E-state index contributed by atoms with van der Waals surface area (Å²) in [5, 5.41) is 10.5. The van der Waals surface area contributed by atoms with Crippen molar-refractivity contribution < 1.29 is 13.2 Å². The van der Waals surface area contributed by atoms with Crippen molar-refractivity contribution in [3.63, 3.8) is 0 Å². The minimum Gasteiger partial charge on any atom is -0.318 e. The molecular weight excluding hydrogens is 455 g/mol. The second-order valence-electron chi connectivity index (χ2n) is 10.1. The zero-order chi connectivity index (χ0) is 24.8. The normalized spacial score (nSPS) is 16.6. The van der Waals surface area contributed by atoms with Crippen molar-refractivity contribution in [3.8, 4) is 11.8 Å². The van der Waals surface area contributed by atoms with E-state index in [1.807, 2.05) is 19.9 Å². The predicted octanol–water partition coefficient (Wildman–Crippen LogP) is 7.95. The summed E-state index contributed by atoms with van der Waals surface area (Å²) in [5.41, 5.74) is 4.23. The Morgan fingerprint density at radius 1 is 1.18 bits per heavy atom. The standard InChI is InChI=1S/C27H28F3N3S/c1-16-11-18(17(2)33(16)21-8-6-7-20(12-21)27(28,29)30)15-32-25-23(14-31)22-10-9-19(26(3,4)5)13-24(22)34-25/h6-8,11-12,15,19H,9-10,13H2,1-5H3/t19-/m0/s1. The van der Waals surface area contributed by atoms with Gasteiger partial charge in [0.2, 0.25) is 0 Å². The van der Waals surface area contributed by atoms with Gasteiger partial charge in [0.1, 0.15) is 11.1 Å². The zero-order valence-electron chi connectivity index (χ0n) is 20.0. The molecule has 1 aliphatic rings. The van der Waals surface area contributed by atoms with Gasteiger partial charge in [-0.25, -0.2) is 4.99 Å². The Kier molecular flexibility index (Phi) is 6.24. The Morgan fingerprint density at radius 2 is 1.91 bits per heavy atom. The topological polar surface area (TPSA) is 41.1 Å². The minimum atomic E-state index is -4.40. The summed E-state index contributed by atoms with van der Waals surface area (Å²) in [4.78, 5) is 5.94. The van der Waals surface area contributed by atoms with Gasteiger partial charge in [0.05, 0.1) is 11.1 Å². The summed E-state index contributed by atoms with van der Waals surface area (Å²) in [7, 11) is 0. The number of benzene rings is 1. The average Bonchev–Trinajstić information content (AvgIpc) is 3.26. The fourth-order valence-corrected chi connectivity index (χ4v) is 6.00. The molecule has 0 spiro atoms. The minimum absolute atomic E-state index is 0.221. The third-order valence-electron chi connectivity index (χ3n) is 6.81. The van der Waals surface area contributed by atoms with Gasteiger partial charge >= 0.3 is 6.18 Å². The summed E-state index contributed by atoms with van der Waals surface area (Å²) < 4.78 is 41.4. The van der Waals surface area contributed by atoms with Gasteiger partial charge in [-0.3, -0.25) is 0 Å². The Morgan fingerprint density at radius 3 is 2.56 bits per heavy atom. The lowest BCUT2D eigenvalue weighted by Crippen LogP contribution is -2.26. The van der Waals surface area contributed by atoms with Crippen LogP contribution in [-0.4, -0.2) is 10.8 Å². The van der Waals surface area contributed by atoms with Crippen LogP contribution in [0.5, 0.6) is 0 Å². The number of aromatic nitrogens is 1. The van der Waals surface area contributed by atoms with Crippen molar-refractivity contribution in [1.29, 1.82) is 5.26 Å². The van der Waals surface area contributed by atoms with Crippen LogP contribution in [0.4, 0.5) is 18.2 Å². The molecule has 0 fully saturated rings. The van der Waals surface area contributed by atoms with Crippen molar-refractivity contribution in [3.05, 3.63) is 68.9 Å². The fourth-order valence-electron chi connectivity index (χ4n) is 4.78. The number of nitrogens with zero attached hydrogens (tertiary/aromatic N) is 3. The van der Waals surface area contributed by atoms with E-state index in [0.29, 0.717) is 22.2 Å². The van der Waals surface area contributed by atoms with E-state index in [1.54, 1.807) is 28.2 Å². The number of fused-ring (bicyclic) bond motifs is 1. The molecule has 3 nitrogen and oxygen atoms in total. The van der Waals surface area contributed by atoms with E-state index in [1.165, 1.54) is 10.9 Å². The number of hydrogen-bond donors (Lipinski definition) is 0. The van der Waals surface area contributed by atoms with Crippen LogP contribution in [0.1, 0.15) is 65.7 Å². The van der Waals surface area contributed by atoms with Crippen molar-refractivity contribution in [2.45, 2.75) is 60.1 Å². The number of thiophene rings is 1. The molecule has 0 unspecified atom stereocenters. The summed E-state index contributed by atoms with van der Waals surface area (Å²) in [6.45, 7) is 10.5. The zero-order valence-corrected chi connectivity index (χ0v) is 20.9. The number of aliphatic imine (C=N–C) groups is 1. The number of nitriles is 1. The van der Waals surface area contributed by atoms with E-state index in [9.17, 15) is 18.4 Å². The molecular formula is C27H28F3N3S. The first-order valence-corrected chi connectivity index (χ1v) is 12.2. The van der Waals surface area contributed by atoms with Gasteiger partial charge in [-0.15, -0.1) is 11.3 Å². The lowest BCUT2D eigenvalue weighted by molar-refractivity contribution is -0.137. The first-order chi connectivity index (χ1) is 15.9. The predicted molar refractivity (Wildman–Crippen MR) is 132 cm³/mol. The lowest BCUT2D eigenvalue weighted by atomic mass is 9.72. The molecule has 0 aliphatic heterocycles. The molecule has 1 aromatic carbocycles. The van der Waals surface area contributed by atoms with Crippen LogP contribution in [0, 0.1) is 36.5 Å². The average molecular weight is 484 g/mol. The van der Waals surface area contributed by atoms with E-state index in [2.05, 4.69) is 31.8 Å². The third-order valence-corrected chi connectivity index (χ3v) is 7.97. The van der Waals surface area contributed by atoms with E-state index in [-0.39, 0.29) is 5.41 Å². The highest BCUT2D eigenvalue weighted by atomic mass is 32.1. The highest BCUT2D eigenvalue weighted by molar-refractivity contribution is 7.16. The summed E-state index contributed by atoms with van der Waals surface area (Å²) in [5.74, 6) is 0.577. The van der Waals surface area contributed by atoms with Crippen molar-refractivity contribution in [2.24, 2.45) is 16.3 Å². The molecule has 178 valence electrons. The van der Waals surface area contributed by atoms with Gasteiger partial charge < -0.3 is 4.57 Å². The number of hydrogen-bond acceptors (Lipinski definition) is 3. The van der Waals surface area contributed by atoms with Crippen LogP contribution in [0.3, 0.4) is 0 Å². The van der Waals surface area contributed by atoms with Crippen molar-refractivity contribution in [1.82, 2.24) is 4.57 Å². The van der Waals surface area contributed by atoms with E-state index in [0.717, 1.165) is 53.9 Å². The Labute approximate surface area is 202 Å². The van der Waals surface area contributed by atoms with Crippen LogP contribution in [-0.2, 0) is 19.0 Å². The molecule has 0 amide bonds. The molecule has 1 aliphatic carbocycles. The van der Waals surface area contributed by atoms with Crippen LogP contribution < -0.4 is 0 Å². The van der Waals surface area contributed by atoms with Gasteiger partial charge in [0, 0.05) is 33.7 Å². The number of aryl methyl sites for hydroxylation is 1. The van der Waals surface area contributed by atoms with Gasteiger partial charge in [-0.1, -0.05) is 26.8 Å². The quantitative estimate of drug-likeness (QED) is 0.349. The van der Waals surface area contributed by atoms with Gasteiger partial charge in [-0.2, -0.15) is 18.4 Å². The molecule has 2 heterocycles. The molecule has 0 radical (unpaired) electrons. The summed E-state index contributed by atoms with van der Waals surface area (Å²) in [6, 6.07) is 9.59. The largest absolute Gasteiger partial charge is 0.416 e. The van der Waals surface area contributed by atoms with E-state index in [4.69, 9.17) is 0 Å². The van der Waals surface area contributed by atoms with Crippen LogP contribution >= 0.6 is 11.3 Å². The third kappa shape index (κ3) is 4.56. The van der Waals surface area contributed by atoms with Gasteiger partial charge in [0.15, 0.2) is 0 Å². The molecule has 0 N–H and O–H groups in total. The van der Waals surface area contributed by atoms with E-state index < -0.39 is 11.7 Å². The number of rotatable bonds is 3. The monoisotopic (exact) mass is 483 g/mol. The highest BCUT2D eigenvalue weighted by Gasteiger charge is 2.32. The number of halogens is 3. The molecule has 3 aromatic rings. The molecule has 0 saturated carbocycles. The van der Waals surface area contributed by atoms with E-state index >= 15 is 0 Å². The van der Waals surface area contributed by atoms with Crippen LogP contribution in [0.2, 0.25) is 0 Å². The molecule has 4 rings (SSSR count). The van der Waals surface area contributed by atoms with Crippen LogP contribution in [0.15, 0.2) is 35.3 Å². The van der Waals surface area contributed by atoms with Crippen molar-refractivity contribution in [2.75, 3.05) is 0 Å². The molecule has 34 heavy (non-hydrogen) atoms. The summed E-state index contributed by atoms with van der Waals surface area (Å²) in [6.07, 6.45) is 0.274. The van der Waals surface area contributed by atoms with Crippen molar-refractivity contribution >= 4 is 22.6 Å². The SMILES string of the molecule is Cc1cc(C=Nc2sc3c(c2C#N)CC[C@H](C(C)(C)C)C3)c(C)n1-c1cccc(C(F)(F)F)c1. The number of alkyl halides is 3. The molecule has 0 bridgehead atoms. The van der Waals surface area contributed by atoms with Gasteiger partial charge in [-0.05, 0) is 74.3 Å². The second kappa shape index (κ2) is 8.74. The summed E-state index contributed by atoms with van der Waals surface area (Å²) >= 11 is 1.59. The first-order valence-electron chi connectivity index (χ1n) is 11.4. The Balaban J connectivity index is 1.67. The Bertz CT molecular complexity index is 1300. The fraction of sp³-hybridized carbons (Fsp3) is 0.407. The molecule has 7 heteroatoms. The maximum atomic E-state index is 13.2. The van der Waals surface area contributed by atoms with Gasteiger partial charge in [0.25, 0.3) is 0 Å². The molecule has 1 atom stereocenters. The Hall–Kier alpha value is -2.85. The lowest BCUT2D eigenvalue weighted by Gasteiger charge is -2.33. The maximum Gasteiger partial charge on any atom is 0.416 e. The second-order valence-corrected chi connectivity index (χ2v) is 11.2. The highest BCUT2D eigenvalue weighted by Crippen LogP contribution is 2.45. The smallest absolute Gasteiger partial charge is 0.318 e. The molecule has 0 saturated heterocycles. The van der Waals surface area contributed by atoms with Crippen LogP contribution in [0.25, 0.3) is 5.69 Å². The maximum absolute atomic E-state index is 13.2.